The van der Waals surface area contributed by atoms with E-state index in [2.05, 4.69) is 4.98 Å². The molecule has 1 aromatic heterocycles. The van der Waals surface area contributed by atoms with Crippen LogP contribution in [0.4, 0.5) is 8.78 Å². The summed E-state index contributed by atoms with van der Waals surface area (Å²) in [6.45, 7) is 0. The molecule has 0 aliphatic rings. The molecule has 3 aromatic rings. The van der Waals surface area contributed by atoms with E-state index in [0.29, 0.717) is 23.3 Å². The van der Waals surface area contributed by atoms with Gasteiger partial charge in [0.05, 0.1) is 18.3 Å². The zero-order valence-corrected chi connectivity index (χ0v) is 11.1. The Morgan fingerprint density at radius 2 is 1.86 bits per heavy atom. The Balaban J connectivity index is 2.26. The molecule has 0 saturated carbocycles. The number of benzene rings is 2. The third-order valence-corrected chi connectivity index (χ3v) is 3.36. The minimum Gasteiger partial charge on any atom is -0.497 e. The molecule has 1 N–H and O–H groups in total. The number of nitrogens with one attached hydrogen (secondary N) is 1. The Bertz CT molecular complexity index is 822. The van der Waals surface area contributed by atoms with Crippen LogP contribution in [0.15, 0.2) is 36.4 Å². The SMILES string of the molecule is COc1ccc(-c2[nH]c3c(F)cc(F)cc3c2C=O)cc1. The highest BCUT2D eigenvalue weighted by Gasteiger charge is 2.16. The number of rotatable bonds is 3. The highest BCUT2D eigenvalue weighted by atomic mass is 19.1. The maximum absolute atomic E-state index is 13.8. The van der Waals surface area contributed by atoms with Crippen molar-refractivity contribution in [2.24, 2.45) is 0 Å². The molecule has 0 fully saturated rings. The fourth-order valence-corrected chi connectivity index (χ4v) is 2.35. The van der Waals surface area contributed by atoms with Crippen molar-refractivity contribution in [2.75, 3.05) is 7.11 Å². The third-order valence-electron chi connectivity index (χ3n) is 3.36. The predicted octanol–water partition coefficient (Wildman–Crippen LogP) is 3.93. The van der Waals surface area contributed by atoms with E-state index in [1.165, 1.54) is 0 Å². The molecule has 5 heteroatoms. The molecule has 0 spiro atoms. The van der Waals surface area contributed by atoms with Gasteiger partial charge in [-0.25, -0.2) is 8.78 Å². The lowest BCUT2D eigenvalue weighted by atomic mass is 10.1. The lowest BCUT2D eigenvalue weighted by molar-refractivity contribution is 0.112. The second-order valence-corrected chi connectivity index (χ2v) is 4.57. The molecule has 0 unspecified atom stereocenters. The van der Waals surface area contributed by atoms with Gasteiger partial charge < -0.3 is 9.72 Å². The number of ether oxygens (including phenoxy) is 1. The van der Waals surface area contributed by atoms with Crippen molar-refractivity contribution in [3.05, 3.63) is 53.6 Å². The second-order valence-electron chi connectivity index (χ2n) is 4.57. The maximum Gasteiger partial charge on any atom is 0.152 e. The number of aldehydes is 1. The first-order valence-corrected chi connectivity index (χ1v) is 6.24. The second kappa shape index (κ2) is 5.01. The van der Waals surface area contributed by atoms with Crippen molar-refractivity contribution in [3.63, 3.8) is 0 Å². The van der Waals surface area contributed by atoms with Crippen molar-refractivity contribution in [1.82, 2.24) is 4.98 Å². The Hall–Kier alpha value is -2.69. The van der Waals surface area contributed by atoms with Gasteiger partial charge in [0.25, 0.3) is 0 Å². The normalized spacial score (nSPS) is 10.8. The van der Waals surface area contributed by atoms with Gasteiger partial charge in [0.15, 0.2) is 6.29 Å². The van der Waals surface area contributed by atoms with Crippen molar-refractivity contribution >= 4 is 17.2 Å². The fourth-order valence-electron chi connectivity index (χ4n) is 2.35. The van der Waals surface area contributed by atoms with Crippen molar-refractivity contribution in [3.8, 4) is 17.0 Å². The Morgan fingerprint density at radius 3 is 2.48 bits per heavy atom. The molecular formula is C16H11F2NO2. The van der Waals surface area contributed by atoms with Crippen LogP contribution in [0.3, 0.4) is 0 Å². The van der Waals surface area contributed by atoms with E-state index >= 15 is 0 Å². The number of methoxy groups -OCH3 is 1. The standard InChI is InChI=1S/C16H11F2NO2/c1-21-11-4-2-9(3-5-11)15-13(8-20)12-6-10(17)7-14(18)16(12)19-15/h2-8,19H,1H3. The zero-order valence-electron chi connectivity index (χ0n) is 11.1. The summed E-state index contributed by atoms with van der Waals surface area (Å²) in [5, 5.41) is 0.230. The Morgan fingerprint density at radius 1 is 1.14 bits per heavy atom. The summed E-state index contributed by atoms with van der Waals surface area (Å²) in [6.07, 6.45) is 0.595. The average Bonchev–Trinajstić information content (AvgIpc) is 2.86. The molecule has 1 heterocycles. The molecular weight excluding hydrogens is 276 g/mol. The topological polar surface area (TPSA) is 42.1 Å². The van der Waals surface area contributed by atoms with Gasteiger partial charge in [-0.05, 0) is 35.9 Å². The van der Waals surface area contributed by atoms with Gasteiger partial charge >= 0.3 is 0 Å². The van der Waals surface area contributed by atoms with Crippen molar-refractivity contribution < 1.29 is 18.3 Å². The van der Waals surface area contributed by atoms with E-state index in [1.54, 1.807) is 31.4 Å². The van der Waals surface area contributed by atoms with Crippen LogP contribution in [-0.4, -0.2) is 18.4 Å². The third kappa shape index (κ3) is 2.16. The summed E-state index contributed by atoms with van der Waals surface area (Å²) in [6, 6.07) is 8.87. The number of carbonyl (C=O) groups is 1. The van der Waals surface area contributed by atoms with Gasteiger partial charge in [-0.2, -0.15) is 0 Å². The number of hydrogen-bond acceptors (Lipinski definition) is 2. The number of hydrogen-bond donors (Lipinski definition) is 1. The molecule has 0 amide bonds. The minimum absolute atomic E-state index is 0.115. The smallest absolute Gasteiger partial charge is 0.152 e. The number of carbonyl (C=O) groups excluding carboxylic acids is 1. The van der Waals surface area contributed by atoms with Crippen molar-refractivity contribution in [2.45, 2.75) is 0 Å². The zero-order chi connectivity index (χ0) is 15.0. The summed E-state index contributed by atoms with van der Waals surface area (Å²) in [5.74, 6) is -0.781. The monoisotopic (exact) mass is 287 g/mol. The first-order chi connectivity index (χ1) is 10.1. The summed E-state index contributed by atoms with van der Waals surface area (Å²) in [4.78, 5) is 14.2. The average molecular weight is 287 g/mol. The summed E-state index contributed by atoms with van der Waals surface area (Å²) in [5.41, 5.74) is 1.49. The molecule has 0 radical (unpaired) electrons. The minimum atomic E-state index is -0.729. The summed E-state index contributed by atoms with van der Waals surface area (Å²) >= 11 is 0. The van der Waals surface area contributed by atoms with Crippen LogP contribution in [0.25, 0.3) is 22.2 Å². The molecule has 21 heavy (non-hydrogen) atoms. The molecule has 0 aliphatic heterocycles. The molecule has 0 bridgehead atoms. The largest absolute Gasteiger partial charge is 0.497 e. The number of fused-ring (bicyclic) bond motifs is 1. The van der Waals surface area contributed by atoms with Crippen LogP contribution in [0.2, 0.25) is 0 Å². The van der Waals surface area contributed by atoms with Gasteiger partial charge in [-0.15, -0.1) is 0 Å². The first kappa shape index (κ1) is 13.3. The van der Waals surface area contributed by atoms with Gasteiger partial charge in [-0.3, -0.25) is 4.79 Å². The van der Waals surface area contributed by atoms with Crippen LogP contribution in [0.1, 0.15) is 10.4 Å². The van der Waals surface area contributed by atoms with Crippen molar-refractivity contribution in [1.29, 1.82) is 0 Å². The van der Waals surface area contributed by atoms with Gasteiger partial charge in [0.2, 0.25) is 0 Å². The Labute approximate surface area is 119 Å². The maximum atomic E-state index is 13.8. The Kier molecular flexibility index (Phi) is 3.17. The van der Waals surface area contributed by atoms with E-state index in [-0.39, 0.29) is 16.5 Å². The van der Waals surface area contributed by atoms with E-state index in [9.17, 15) is 13.6 Å². The van der Waals surface area contributed by atoms with E-state index in [4.69, 9.17) is 4.74 Å². The number of H-pyrrole nitrogens is 1. The molecule has 0 aliphatic carbocycles. The van der Waals surface area contributed by atoms with E-state index < -0.39 is 11.6 Å². The summed E-state index contributed by atoms with van der Waals surface area (Å²) < 4.78 is 32.2. The quantitative estimate of drug-likeness (QED) is 0.741. The van der Waals surface area contributed by atoms with Crippen LogP contribution < -0.4 is 4.74 Å². The van der Waals surface area contributed by atoms with Crippen LogP contribution in [0, 0.1) is 11.6 Å². The van der Waals surface area contributed by atoms with Crippen LogP contribution in [-0.2, 0) is 0 Å². The van der Waals surface area contributed by atoms with Gasteiger partial charge in [0.1, 0.15) is 17.4 Å². The van der Waals surface area contributed by atoms with Gasteiger partial charge in [-0.1, -0.05) is 0 Å². The van der Waals surface area contributed by atoms with E-state index in [1.807, 2.05) is 0 Å². The molecule has 2 aromatic carbocycles. The predicted molar refractivity (Wildman–Crippen MR) is 75.6 cm³/mol. The number of aromatic nitrogens is 1. The molecule has 0 atom stereocenters. The van der Waals surface area contributed by atoms with Gasteiger partial charge in [0, 0.05) is 17.0 Å². The molecule has 0 saturated heterocycles. The molecule has 3 rings (SSSR count). The fraction of sp³-hybridized carbons (Fsp3) is 0.0625. The summed E-state index contributed by atoms with van der Waals surface area (Å²) in [7, 11) is 1.55. The van der Waals surface area contributed by atoms with Crippen LogP contribution in [0.5, 0.6) is 5.75 Å². The highest BCUT2D eigenvalue weighted by Crippen LogP contribution is 2.31. The number of aromatic amines is 1. The highest BCUT2D eigenvalue weighted by molar-refractivity contribution is 6.04. The lowest BCUT2D eigenvalue weighted by Gasteiger charge is -2.02. The lowest BCUT2D eigenvalue weighted by Crippen LogP contribution is -1.86. The van der Waals surface area contributed by atoms with E-state index in [0.717, 1.165) is 12.1 Å². The molecule has 106 valence electrons. The molecule has 3 nitrogen and oxygen atoms in total. The first-order valence-electron chi connectivity index (χ1n) is 6.24. The number of halogens is 2. The van der Waals surface area contributed by atoms with Crippen LogP contribution >= 0.6 is 0 Å².